The van der Waals surface area contributed by atoms with Gasteiger partial charge in [0.15, 0.2) is 0 Å². The Hall–Kier alpha value is -1.00. The Balaban J connectivity index is 3.03. The van der Waals surface area contributed by atoms with Gasteiger partial charge in [-0.15, -0.1) is 0 Å². The summed E-state index contributed by atoms with van der Waals surface area (Å²) in [5.74, 6) is 0. The molecule has 0 bridgehead atoms. The molecule has 0 spiro atoms. The van der Waals surface area contributed by atoms with Crippen molar-refractivity contribution in [3.63, 3.8) is 0 Å². The third-order valence-corrected chi connectivity index (χ3v) is 3.61. The number of nitrogens with one attached hydrogen (secondary N) is 1. The molecule has 102 valence electrons. The van der Waals surface area contributed by atoms with E-state index in [9.17, 15) is 0 Å². The molecule has 0 amide bonds. The van der Waals surface area contributed by atoms with Gasteiger partial charge in [0.2, 0.25) is 0 Å². The molecule has 0 aromatic carbocycles. The van der Waals surface area contributed by atoms with Gasteiger partial charge in [-0.3, -0.25) is 9.97 Å². The summed E-state index contributed by atoms with van der Waals surface area (Å²) in [5, 5.41) is 3.55. The largest absolute Gasteiger partial charge is 0.376 e. The Morgan fingerprint density at radius 1 is 1.28 bits per heavy atom. The van der Waals surface area contributed by atoms with Gasteiger partial charge in [-0.1, -0.05) is 20.8 Å². The summed E-state index contributed by atoms with van der Waals surface area (Å²) < 4.78 is 5.82. The molecule has 0 aliphatic heterocycles. The van der Waals surface area contributed by atoms with Crippen LogP contribution in [0.4, 0.5) is 0 Å². The first kappa shape index (κ1) is 15.1. The van der Waals surface area contributed by atoms with Crippen LogP contribution in [0.2, 0.25) is 0 Å². The topological polar surface area (TPSA) is 47.0 Å². The smallest absolute Gasteiger partial charge is 0.0883 e. The van der Waals surface area contributed by atoms with Crippen molar-refractivity contribution in [1.82, 2.24) is 15.3 Å². The van der Waals surface area contributed by atoms with E-state index in [1.54, 1.807) is 19.5 Å². The molecule has 4 heteroatoms. The highest BCUT2D eigenvalue weighted by atomic mass is 16.5. The summed E-state index contributed by atoms with van der Waals surface area (Å²) in [7, 11) is 1.78. The number of rotatable bonds is 8. The van der Waals surface area contributed by atoms with Gasteiger partial charge in [0, 0.05) is 19.5 Å². The lowest BCUT2D eigenvalue weighted by atomic mass is 9.86. The van der Waals surface area contributed by atoms with Crippen LogP contribution in [0.25, 0.3) is 0 Å². The van der Waals surface area contributed by atoms with Gasteiger partial charge in [0.25, 0.3) is 0 Å². The number of hydrogen-bond acceptors (Lipinski definition) is 4. The average Bonchev–Trinajstić information content (AvgIpc) is 2.45. The number of ether oxygens (including phenoxy) is 1. The molecule has 0 saturated carbocycles. The molecule has 0 aliphatic rings. The molecule has 1 N–H and O–H groups in total. The normalized spacial score (nSPS) is 13.6. The highest BCUT2D eigenvalue weighted by Crippen LogP contribution is 2.33. The third kappa shape index (κ3) is 3.27. The predicted molar refractivity (Wildman–Crippen MR) is 73.4 cm³/mol. The van der Waals surface area contributed by atoms with Crippen molar-refractivity contribution in [2.45, 2.75) is 51.7 Å². The van der Waals surface area contributed by atoms with Gasteiger partial charge >= 0.3 is 0 Å². The molecule has 1 atom stereocenters. The molecule has 1 aromatic heterocycles. The van der Waals surface area contributed by atoms with Crippen LogP contribution in [0.15, 0.2) is 18.6 Å². The van der Waals surface area contributed by atoms with Gasteiger partial charge in [-0.05, 0) is 25.8 Å². The maximum Gasteiger partial charge on any atom is 0.0883 e. The third-order valence-electron chi connectivity index (χ3n) is 3.61. The lowest BCUT2D eigenvalue weighted by molar-refractivity contribution is -0.0496. The summed E-state index contributed by atoms with van der Waals surface area (Å²) >= 11 is 0. The number of nitrogens with zero attached hydrogens (tertiary/aromatic N) is 2. The Morgan fingerprint density at radius 2 is 2.00 bits per heavy atom. The molecule has 0 saturated heterocycles. The Labute approximate surface area is 110 Å². The highest BCUT2D eigenvalue weighted by Gasteiger charge is 2.37. The van der Waals surface area contributed by atoms with Crippen molar-refractivity contribution in [2.75, 3.05) is 13.7 Å². The minimum atomic E-state index is -0.217. The van der Waals surface area contributed by atoms with Crippen LogP contribution in [0.3, 0.4) is 0 Å². The minimum absolute atomic E-state index is 0.0890. The zero-order valence-electron chi connectivity index (χ0n) is 11.9. The highest BCUT2D eigenvalue weighted by molar-refractivity contribution is 5.10. The van der Waals surface area contributed by atoms with E-state index in [2.05, 4.69) is 36.1 Å². The molecule has 1 heterocycles. The second-order valence-corrected chi connectivity index (χ2v) is 4.49. The van der Waals surface area contributed by atoms with Crippen LogP contribution in [-0.2, 0) is 4.74 Å². The van der Waals surface area contributed by atoms with E-state index < -0.39 is 0 Å². The van der Waals surface area contributed by atoms with Crippen LogP contribution in [0.5, 0.6) is 0 Å². The van der Waals surface area contributed by atoms with Crippen LogP contribution < -0.4 is 5.32 Å². The number of methoxy groups -OCH3 is 1. The Morgan fingerprint density at radius 3 is 2.44 bits per heavy atom. The van der Waals surface area contributed by atoms with Crippen molar-refractivity contribution in [3.8, 4) is 0 Å². The van der Waals surface area contributed by atoms with E-state index in [1.165, 1.54) is 0 Å². The summed E-state index contributed by atoms with van der Waals surface area (Å²) in [6.45, 7) is 7.42. The summed E-state index contributed by atoms with van der Waals surface area (Å²) in [6, 6.07) is 0.0890. The number of aromatic nitrogens is 2. The SMILES string of the molecule is CCCNC(c1cnccn1)C(CC)(CC)OC. The standard InChI is InChI=1S/C14H25N3O/c1-5-8-17-13(12-11-15-9-10-16-12)14(6-2,7-3)18-4/h9-11,13,17H,5-8H2,1-4H3. The fourth-order valence-electron chi connectivity index (χ4n) is 2.37. The first-order valence-electron chi connectivity index (χ1n) is 6.78. The maximum atomic E-state index is 5.82. The zero-order valence-corrected chi connectivity index (χ0v) is 11.9. The lowest BCUT2D eigenvalue weighted by Gasteiger charge is -2.38. The van der Waals surface area contributed by atoms with Gasteiger partial charge in [-0.25, -0.2) is 0 Å². The second-order valence-electron chi connectivity index (χ2n) is 4.49. The summed E-state index contributed by atoms with van der Waals surface area (Å²) in [5.41, 5.74) is 0.738. The Bertz CT molecular complexity index is 317. The van der Waals surface area contributed by atoms with Crippen molar-refractivity contribution in [3.05, 3.63) is 24.3 Å². The molecule has 4 nitrogen and oxygen atoms in total. The van der Waals surface area contributed by atoms with Crippen LogP contribution in [0, 0.1) is 0 Å². The van der Waals surface area contributed by atoms with E-state index in [-0.39, 0.29) is 11.6 Å². The average molecular weight is 251 g/mol. The van der Waals surface area contributed by atoms with E-state index in [1.807, 2.05) is 6.20 Å². The zero-order chi connectivity index (χ0) is 13.4. The fraction of sp³-hybridized carbons (Fsp3) is 0.714. The van der Waals surface area contributed by atoms with Crippen LogP contribution in [-0.4, -0.2) is 29.2 Å². The molecule has 1 aromatic rings. The first-order chi connectivity index (χ1) is 8.74. The van der Waals surface area contributed by atoms with Crippen molar-refractivity contribution in [1.29, 1.82) is 0 Å². The second kappa shape index (κ2) is 7.44. The van der Waals surface area contributed by atoms with E-state index in [0.29, 0.717) is 0 Å². The summed E-state index contributed by atoms with van der Waals surface area (Å²) in [6.07, 6.45) is 8.24. The molecule has 0 aliphatic carbocycles. The lowest BCUT2D eigenvalue weighted by Crippen LogP contribution is -2.45. The van der Waals surface area contributed by atoms with E-state index in [4.69, 9.17) is 4.74 Å². The molecule has 18 heavy (non-hydrogen) atoms. The predicted octanol–water partition coefficient (Wildman–Crippen LogP) is 2.72. The first-order valence-corrected chi connectivity index (χ1v) is 6.78. The minimum Gasteiger partial charge on any atom is -0.376 e. The molecule has 1 rings (SSSR count). The molecule has 1 unspecified atom stereocenters. The van der Waals surface area contributed by atoms with E-state index >= 15 is 0 Å². The Kier molecular flexibility index (Phi) is 6.22. The molecule has 0 fully saturated rings. The quantitative estimate of drug-likeness (QED) is 0.771. The van der Waals surface area contributed by atoms with Crippen molar-refractivity contribution < 1.29 is 4.74 Å². The van der Waals surface area contributed by atoms with Gasteiger partial charge in [0.1, 0.15) is 0 Å². The van der Waals surface area contributed by atoms with Gasteiger partial charge < -0.3 is 10.1 Å². The maximum absolute atomic E-state index is 5.82. The van der Waals surface area contributed by atoms with Crippen LogP contribution >= 0.6 is 0 Å². The molecular weight excluding hydrogens is 226 g/mol. The molecule has 0 radical (unpaired) electrons. The van der Waals surface area contributed by atoms with Crippen molar-refractivity contribution in [2.24, 2.45) is 0 Å². The summed E-state index contributed by atoms with van der Waals surface area (Å²) in [4.78, 5) is 8.61. The monoisotopic (exact) mass is 251 g/mol. The molecular formula is C14H25N3O. The van der Waals surface area contributed by atoms with E-state index in [0.717, 1.165) is 31.5 Å². The van der Waals surface area contributed by atoms with Crippen LogP contribution in [0.1, 0.15) is 51.8 Å². The van der Waals surface area contributed by atoms with Gasteiger partial charge in [0.05, 0.1) is 23.5 Å². The fourth-order valence-corrected chi connectivity index (χ4v) is 2.37. The van der Waals surface area contributed by atoms with Gasteiger partial charge in [-0.2, -0.15) is 0 Å². The number of hydrogen-bond donors (Lipinski definition) is 1. The van der Waals surface area contributed by atoms with Crippen molar-refractivity contribution >= 4 is 0 Å².